The quantitative estimate of drug-likeness (QED) is 0.559. The van der Waals surface area contributed by atoms with Gasteiger partial charge in [0.1, 0.15) is 0 Å². The van der Waals surface area contributed by atoms with Crippen LogP contribution in [0.1, 0.15) is 28.4 Å². The number of nitrogens with zero attached hydrogens (tertiary/aromatic N) is 2. The summed E-state index contributed by atoms with van der Waals surface area (Å²) >= 11 is 0. The van der Waals surface area contributed by atoms with E-state index in [9.17, 15) is 8.42 Å². The third-order valence-electron chi connectivity index (χ3n) is 5.55. The molecule has 0 saturated carbocycles. The molecule has 3 aromatic carbocycles. The molecule has 146 valence electrons. The summed E-state index contributed by atoms with van der Waals surface area (Å²) < 4.78 is 28.6. The van der Waals surface area contributed by atoms with Crippen LogP contribution < -0.4 is 0 Å². The van der Waals surface area contributed by atoms with Gasteiger partial charge in [0.25, 0.3) is 0 Å². The number of H-pyrrole nitrogens is 1. The number of benzene rings is 3. The van der Waals surface area contributed by atoms with Crippen LogP contribution in [0.4, 0.5) is 0 Å². The van der Waals surface area contributed by atoms with E-state index in [0.29, 0.717) is 13.0 Å². The van der Waals surface area contributed by atoms with Gasteiger partial charge in [0, 0.05) is 11.9 Å². The van der Waals surface area contributed by atoms with Crippen LogP contribution >= 0.6 is 0 Å². The van der Waals surface area contributed by atoms with Gasteiger partial charge in [0.15, 0.2) is 0 Å². The Morgan fingerprint density at radius 2 is 1.66 bits per heavy atom. The molecule has 5 rings (SSSR count). The summed E-state index contributed by atoms with van der Waals surface area (Å²) in [6, 6.07) is 24.8. The first-order valence-corrected chi connectivity index (χ1v) is 11.3. The molecule has 0 radical (unpaired) electrons. The lowest BCUT2D eigenvalue weighted by molar-refractivity contribution is 0.340. The average molecular weight is 404 g/mol. The van der Waals surface area contributed by atoms with Gasteiger partial charge < -0.3 is 0 Å². The molecule has 0 aliphatic carbocycles. The van der Waals surface area contributed by atoms with Gasteiger partial charge in [-0.05, 0) is 29.2 Å². The van der Waals surface area contributed by atoms with Crippen LogP contribution in [-0.4, -0.2) is 29.5 Å². The molecule has 1 aliphatic heterocycles. The maximum absolute atomic E-state index is 13.5. The number of sulfonamides is 1. The number of aromatic nitrogens is 2. The Labute approximate surface area is 170 Å². The molecule has 0 unspecified atom stereocenters. The van der Waals surface area contributed by atoms with Crippen molar-refractivity contribution in [1.82, 2.24) is 14.5 Å². The Morgan fingerprint density at radius 3 is 2.52 bits per heavy atom. The van der Waals surface area contributed by atoms with E-state index in [1.807, 2.05) is 72.8 Å². The van der Waals surface area contributed by atoms with Gasteiger partial charge in [-0.15, -0.1) is 0 Å². The molecule has 0 spiro atoms. The minimum atomic E-state index is -3.54. The minimum absolute atomic E-state index is 0.0190. The topological polar surface area (TPSA) is 66.1 Å². The van der Waals surface area contributed by atoms with Gasteiger partial charge >= 0.3 is 0 Å². The molecular formula is C23H21N3O2S. The van der Waals surface area contributed by atoms with E-state index < -0.39 is 16.1 Å². The van der Waals surface area contributed by atoms with Crippen LogP contribution in [0.3, 0.4) is 0 Å². The van der Waals surface area contributed by atoms with Crippen LogP contribution in [0.15, 0.2) is 78.9 Å². The third kappa shape index (κ3) is 3.24. The first-order valence-electron chi connectivity index (χ1n) is 9.68. The highest BCUT2D eigenvalue weighted by atomic mass is 32.2. The Bertz CT molecular complexity index is 1270. The smallest absolute Gasteiger partial charge is 0.219 e. The van der Waals surface area contributed by atoms with Gasteiger partial charge in [-0.2, -0.15) is 9.40 Å². The van der Waals surface area contributed by atoms with E-state index in [-0.39, 0.29) is 5.75 Å². The van der Waals surface area contributed by atoms with E-state index in [1.54, 1.807) is 4.31 Å². The number of fused-ring (bicyclic) bond motifs is 2. The summed E-state index contributed by atoms with van der Waals surface area (Å²) in [6.45, 7) is 0.442. The molecule has 1 N–H and O–H groups in total. The Balaban J connectivity index is 1.65. The molecule has 1 aromatic heterocycles. The molecule has 2 heterocycles. The zero-order valence-corrected chi connectivity index (χ0v) is 16.6. The summed E-state index contributed by atoms with van der Waals surface area (Å²) in [6.07, 6.45) is 0.697. The summed E-state index contributed by atoms with van der Waals surface area (Å²) in [5, 5.41) is 8.58. The van der Waals surface area contributed by atoms with Gasteiger partial charge in [0.2, 0.25) is 10.0 Å². The number of nitrogens with one attached hydrogen (secondary N) is 1. The van der Waals surface area contributed by atoms with E-state index in [0.717, 1.165) is 27.7 Å². The molecule has 6 heteroatoms. The normalized spacial score (nSPS) is 17.3. The van der Waals surface area contributed by atoms with Crippen LogP contribution in [0.2, 0.25) is 0 Å². The molecule has 1 atom stereocenters. The van der Waals surface area contributed by atoms with Crippen LogP contribution in [0, 0.1) is 0 Å². The molecule has 0 saturated heterocycles. The fourth-order valence-electron chi connectivity index (χ4n) is 4.19. The number of hydrogen-bond donors (Lipinski definition) is 1. The highest BCUT2D eigenvalue weighted by Crippen LogP contribution is 2.39. The number of hydrogen-bond acceptors (Lipinski definition) is 3. The Morgan fingerprint density at radius 1 is 0.931 bits per heavy atom. The van der Waals surface area contributed by atoms with Crippen molar-refractivity contribution in [1.29, 1.82) is 0 Å². The zero-order valence-electron chi connectivity index (χ0n) is 15.8. The predicted octanol–water partition coefficient (Wildman–Crippen LogP) is 4.04. The Hall–Kier alpha value is -2.96. The molecule has 5 nitrogen and oxygen atoms in total. The second kappa shape index (κ2) is 7.13. The average Bonchev–Trinajstić information content (AvgIpc) is 3.17. The molecular weight excluding hydrogens is 382 g/mol. The van der Waals surface area contributed by atoms with Crippen molar-refractivity contribution < 1.29 is 8.42 Å². The van der Waals surface area contributed by atoms with E-state index in [4.69, 9.17) is 0 Å². The van der Waals surface area contributed by atoms with Crippen LogP contribution in [0.5, 0.6) is 0 Å². The van der Waals surface area contributed by atoms with Crippen molar-refractivity contribution >= 4 is 20.9 Å². The van der Waals surface area contributed by atoms with E-state index in [1.165, 1.54) is 5.56 Å². The fourth-order valence-corrected chi connectivity index (χ4v) is 5.87. The number of para-hydroxylation sites is 1. The lowest BCUT2D eigenvalue weighted by Crippen LogP contribution is -2.41. The third-order valence-corrected chi connectivity index (χ3v) is 7.35. The minimum Gasteiger partial charge on any atom is -0.277 e. The highest BCUT2D eigenvalue weighted by Gasteiger charge is 2.38. The van der Waals surface area contributed by atoms with Gasteiger partial charge in [0.05, 0.1) is 23.0 Å². The van der Waals surface area contributed by atoms with Gasteiger partial charge in [-0.25, -0.2) is 8.42 Å². The van der Waals surface area contributed by atoms with E-state index in [2.05, 4.69) is 16.3 Å². The standard InChI is InChI=1S/C23H21N3O2S/c27-29(28,16-17-8-2-1-3-9-17)26-15-14-18-10-4-5-11-19(18)23(26)22-20-12-6-7-13-21(20)24-25-22/h1-13,23H,14-16H2,(H,24,25)/t23-/m0/s1. The Kier molecular flexibility index (Phi) is 4.45. The van der Waals surface area contributed by atoms with Crippen molar-refractivity contribution in [3.63, 3.8) is 0 Å². The van der Waals surface area contributed by atoms with Gasteiger partial charge in [-0.1, -0.05) is 72.8 Å². The SMILES string of the molecule is O=S(=O)(Cc1ccccc1)N1CCc2ccccc2[C@H]1c1n[nH]c2ccccc12. The number of aromatic amines is 1. The first-order chi connectivity index (χ1) is 14.1. The molecule has 0 amide bonds. The largest absolute Gasteiger partial charge is 0.277 e. The molecule has 0 bridgehead atoms. The maximum atomic E-state index is 13.5. The van der Waals surface area contributed by atoms with Crippen molar-refractivity contribution in [2.75, 3.05) is 6.54 Å². The van der Waals surface area contributed by atoms with Crippen LogP contribution in [-0.2, 0) is 22.2 Å². The summed E-state index contributed by atoms with van der Waals surface area (Å²) in [4.78, 5) is 0. The van der Waals surface area contributed by atoms with Crippen molar-refractivity contribution in [2.45, 2.75) is 18.2 Å². The first kappa shape index (κ1) is 18.1. The second-order valence-electron chi connectivity index (χ2n) is 7.36. The lowest BCUT2D eigenvalue weighted by Gasteiger charge is -2.35. The van der Waals surface area contributed by atoms with Crippen molar-refractivity contribution in [2.24, 2.45) is 0 Å². The zero-order chi connectivity index (χ0) is 19.8. The lowest BCUT2D eigenvalue weighted by atomic mass is 9.91. The predicted molar refractivity (Wildman–Crippen MR) is 114 cm³/mol. The highest BCUT2D eigenvalue weighted by molar-refractivity contribution is 7.88. The summed E-state index contributed by atoms with van der Waals surface area (Å²) in [7, 11) is -3.54. The fraction of sp³-hybridized carbons (Fsp3) is 0.174. The monoisotopic (exact) mass is 403 g/mol. The van der Waals surface area contributed by atoms with Gasteiger partial charge in [-0.3, -0.25) is 5.10 Å². The molecule has 29 heavy (non-hydrogen) atoms. The number of rotatable bonds is 4. The molecule has 1 aliphatic rings. The van der Waals surface area contributed by atoms with E-state index >= 15 is 0 Å². The van der Waals surface area contributed by atoms with Crippen molar-refractivity contribution in [3.8, 4) is 0 Å². The van der Waals surface area contributed by atoms with Crippen molar-refractivity contribution in [3.05, 3.63) is 101 Å². The molecule has 0 fully saturated rings. The summed E-state index contributed by atoms with van der Waals surface area (Å²) in [5.74, 6) is -0.0190. The maximum Gasteiger partial charge on any atom is 0.219 e. The molecule has 4 aromatic rings. The second-order valence-corrected chi connectivity index (χ2v) is 9.28. The van der Waals surface area contributed by atoms with Crippen LogP contribution in [0.25, 0.3) is 10.9 Å². The summed E-state index contributed by atoms with van der Waals surface area (Å²) in [5.41, 5.74) is 4.63.